The molecule has 0 fully saturated rings. The van der Waals surface area contributed by atoms with Gasteiger partial charge in [0.25, 0.3) is 0 Å². The summed E-state index contributed by atoms with van der Waals surface area (Å²) in [7, 11) is 0. The summed E-state index contributed by atoms with van der Waals surface area (Å²) in [6.07, 6.45) is 1.15. The Morgan fingerprint density at radius 2 is 1.96 bits per heavy atom. The second kappa shape index (κ2) is 6.97. The summed E-state index contributed by atoms with van der Waals surface area (Å²) in [6.45, 7) is 3.97. The maximum absolute atomic E-state index is 12.6. The monoisotopic (exact) mass is 339 g/mol. The Morgan fingerprint density at radius 3 is 2.71 bits per heavy atom. The lowest BCUT2D eigenvalue weighted by molar-refractivity contribution is 0.0987. The molecule has 4 nitrogen and oxygen atoms in total. The summed E-state index contributed by atoms with van der Waals surface area (Å²) in [5.41, 5.74) is 4.16. The van der Waals surface area contributed by atoms with E-state index in [2.05, 4.69) is 23.3 Å². The number of aryl methyl sites for hydroxylation is 1. The number of carbonyl (C=O) groups is 1. The number of benzene rings is 2. The molecule has 3 rings (SSSR count). The molecular formula is C19H18ClN3O. The molecule has 2 aromatic carbocycles. The Kier molecular flexibility index (Phi) is 4.76. The summed E-state index contributed by atoms with van der Waals surface area (Å²) in [5.74, 6) is -0.0602. The fraction of sp³-hybridized carbons (Fsp3) is 0.211. The first kappa shape index (κ1) is 16.4. The number of Topliss-reactive ketones (excluding diaryl/α,β-unsaturated/α-hetero) is 1. The third-order valence-electron chi connectivity index (χ3n) is 4.01. The minimum atomic E-state index is -0.0602. The highest BCUT2D eigenvalue weighted by Crippen LogP contribution is 2.19. The maximum atomic E-state index is 12.6. The van der Waals surface area contributed by atoms with Gasteiger partial charge in [-0.15, -0.1) is 5.10 Å². The molecule has 0 N–H and O–H groups in total. The van der Waals surface area contributed by atoms with Crippen LogP contribution in [0.4, 0.5) is 0 Å². The molecule has 24 heavy (non-hydrogen) atoms. The highest BCUT2D eigenvalue weighted by Gasteiger charge is 2.18. The van der Waals surface area contributed by atoms with Crippen molar-refractivity contribution in [2.24, 2.45) is 0 Å². The lowest BCUT2D eigenvalue weighted by Crippen LogP contribution is -2.08. The number of halogens is 1. The van der Waals surface area contributed by atoms with Crippen molar-refractivity contribution in [1.29, 1.82) is 0 Å². The highest BCUT2D eigenvalue weighted by molar-refractivity contribution is 6.30. The summed E-state index contributed by atoms with van der Waals surface area (Å²) >= 11 is 5.98. The summed E-state index contributed by atoms with van der Waals surface area (Å²) in [6, 6.07) is 15.3. The Bertz CT molecular complexity index is 886. The molecule has 5 heteroatoms. The van der Waals surface area contributed by atoms with Crippen molar-refractivity contribution in [2.75, 3.05) is 0 Å². The average Bonchev–Trinajstić information content (AvgIpc) is 2.96. The first-order chi connectivity index (χ1) is 11.6. The molecule has 0 spiro atoms. The largest absolute Gasteiger partial charge is 0.292 e. The molecule has 1 aromatic heterocycles. The van der Waals surface area contributed by atoms with Crippen molar-refractivity contribution in [2.45, 2.75) is 26.7 Å². The van der Waals surface area contributed by atoms with Crippen molar-refractivity contribution in [3.8, 4) is 5.69 Å². The van der Waals surface area contributed by atoms with Gasteiger partial charge >= 0.3 is 0 Å². The second-order valence-electron chi connectivity index (χ2n) is 5.65. The summed E-state index contributed by atoms with van der Waals surface area (Å²) in [5, 5.41) is 8.93. The van der Waals surface area contributed by atoms with Gasteiger partial charge in [-0.25, -0.2) is 4.68 Å². The van der Waals surface area contributed by atoms with Gasteiger partial charge in [0.2, 0.25) is 0 Å². The van der Waals surface area contributed by atoms with Crippen molar-refractivity contribution >= 4 is 17.4 Å². The van der Waals surface area contributed by atoms with E-state index in [9.17, 15) is 4.79 Å². The number of nitrogens with zero attached hydrogens (tertiary/aromatic N) is 3. The van der Waals surface area contributed by atoms with E-state index in [-0.39, 0.29) is 12.2 Å². The summed E-state index contributed by atoms with van der Waals surface area (Å²) < 4.78 is 1.74. The second-order valence-corrected chi connectivity index (χ2v) is 6.08. The van der Waals surface area contributed by atoms with Gasteiger partial charge < -0.3 is 0 Å². The zero-order valence-electron chi connectivity index (χ0n) is 13.7. The molecule has 0 unspecified atom stereocenters. The number of carbonyl (C=O) groups excluding carboxylic acids is 1. The number of para-hydroxylation sites is 1. The van der Waals surface area contributed by atoms with E-state index >= 15 is 0 Å². The first-order valence-electron chi connectivity index (χ1n) is 7.88. The summed E-state index contributed by atoms with van der Waals surface area (Å²) in [4.78, 5) is 12.6. The number of hydrogen-bond donors (Lipinski definition) is 0. The van der Waals surface area contributed by atoms with E-state index in [1.807, 2.05) is 37.3 Å². The minimum absolute atomic E-state index is 0.0602. The van der Waals surface area contributed by atoms with Gasteiger partial charge in [0, 0.05) is 11.4 Å². The van der Waals surface area contributed by atoms with Crippen LogP contribution in [0.1, 0.15) is 34.2 Å². The van der Waals surface area contributed by atoms with E-state index in [1.165, 1.54) is 5.56 Å². The molecule has 0 aliphatic heterocycles. The molecule has 122 valence electrons. The normalized spacial score (nSPS) is 10.8. The highest BCUT2D eigenvalue weighted by atomic mass is 35.5. The number of rotatable bonds is 5. The molecule has 0 aliphatic rings. The van der Waals surface area contributed by atoms with Crippen LogP contribution in [-0.2, 0) is 12.8 Å². The lowest BCUT2D eigenvalue weighted by atomic mass is 10.1. The van der Waals surface area contributed by atoms with Crippen molar-refractivity contribution in [1.82, 2.24) is 15.0 Å². The molecule has 0 saturated heterocycles. The van der Waals surface area contributed by atoms with Crippen LogP contribution >= 0.6 is 11.6 Å². The van der Waals surface area contributed by atoms with E-state index < -0.39 is 0 Å². The van der Waals surface area contributed by atoms with Gasteiger partial charge in [0.05, 0.1) is 11.4 Å². The van der Waals surface area contributed by atoms with E-state index in [4.69, 9.17) is 11.6 Å². The zero-order chi connectivity index (χ0) is 17.1. The van der Waals surface area contributed by atoms with Gasteiger partial charge in [0.1, 0.15) is 0 Å². The molecule has 1 heterocycles. The fourth-order valence-electron chi connectivity index (χ4n) is 2.75. The third-order valence-corrected chi connectivity index (χ3v) is 4.25. The van der Waals surface area contributed by atoms with Crippen LogP contribution < -0.4 is 0 Å². The van der Waals surface area contributed by atoms with Crippen LogP contribution in [0.25, 0.3) is 5.69 Å². The Labute approximate surface area is 146 Å². The topological polar surface area (TPSA) is 47.8 Å². The van der Waals surface area contributed by atoms with Crippen LogP contribution in [0, 0.1) is 6.92 Å². The van der Waals surface area contributed by atoms with Gasteiger partial charge in [0.15, 0.2) is 11.5 Å². The van der Waals surface area contributed by atoms with E-state index in [0.717, 1.165) is 23.4 Å². The molecule has 3 aromatic rings. The van der Waals surface area contributed by atoms with Gasteiger partial charge in [-0.1, -0.05) is 54.1 Å². The fourth-order valence-corrected chi connectivity index (χ4v) is 2.96. The zero-order valence-corrected chi connectivity index (χ0v) is 14.4. The molecular weight excluding hydrogens is 322 g/mol. The van der Waals surface area contributed by atoms with Gasteiger partial charge in [-0.05, 0) is 42.7 Å². The SMILES string of the molecule is CCc1ccccc1-n1nnc(C(=O)Cc2cccc(Cl)c2)c1C. The predicted molar refractivity (Wildman–Crippen MR) is 95.0 cm³/mol. The number of ketones is 1. The van der Waals surface area contributed by atoms with Crippen LogP contribution in [0.5, 0.6) is 0 Å². The van der Waals surface area contributed by atoms with Crippen molar-refractivity contribution in [3.63, 3.8) is 0 Å². The molecule has 0 radical (unpaired) electrons. The van der Waals surface area contributed by atoms with E-state index in [1.54, 1.807) is 16.8 Å². The lowest BCUT2D eigenvalue weighted by Gasteiger charge is -2.08. The van der Waals surface area contributed by atoms with Crippen LogP contribution in [0.3, 0.4) is 0 Å². The molecule has 0 atom stereocenters. The van der Waals surface area contributed by atoms with Crippen molar-refractivity contribution < 1.29 is 4.79 Å². The van der Waals surface area contributed by atoms with Crippen molar-refractivity contribution in [3.05, 3.63) is 76.1 Å². The molecule has 0 saturated carbocycles. The maximum Gasteiger partial charge on any atom is 0.189 e. The minimum Gasteiger partial charge on any atom is -0.292 e. The first-order valence-corrected chi connectivity index (χ1v) is 8.26. The number of hydrogen-bond acceptors (Lipinski definition) is 3. The van der Waals surface area contributed by atoms with E-state index in [0.29, 0.717) is 10.7 Å². The Hall–Kier alpha value is -2.46. The quantitative estimate of drug-likeness (QED) is 0.654. The van der Waals surface area contributed by atoms with Crippen LogP contribution in [-0.4, -0.2) is 20.8 Å². The molecule has 0 amide bonds. The smallest absolute Gasteiger partial charge is 0.189 e. The van der Waals surface area contributed by atoms with Gasteiger partial charge in [-0.2, -0.15) is 0 Å². The van der Waals surface area contributed by atoms with Crippen LogP contribution in [0.15, 0.2) is 48.5 Å². The third kappa shape index (κ3) is 3.24. The van der Waals surface area contributed by atoms with Crippen LogP contribution in [0.2, 0.25) is 5.02 Å². The standard InChI is InChI=1S/C19H18ClN3O/c1-3-15-8-4-5-10-17(15)23-13(2)19(21-22-23)18(24)12-14-7-6-9-16(20)11-14/h4-11H,3,12H2,1-2H3. The average molecular weight is 340 g/mol. The Balaban J connectivity index is 1.91. The number of aromatic nitrogens is 3. The van der Waals surface area contributed by atoms with Gasteiger partial charge in [-0.3, -0.25) is 4.79 Å². The Morgan fingerprint density at radius 1 is 1.17 bits per heavy atom. The molecule has 0 aliphatic carbocycles. The predicted octanol–water partition coefficient (Wildman–Crippen LogP) is 4.22. The molecule has 0 bridgehead atoms.